The predicted molar refractivity (Wildman–Crippen MR) is 96.6 cm³/mol. The Morgan fingerprint density at radius 3 is 2.50 bits per heavy atom. The first kappa shape index (κ1) is 18.2. The fraction of sp³-hybridized carbons (Fsp3) is 0.353. The predicted octanol–water partition coefficient (Wildman–Crippen LogP) is 2.08. The van der Waals surface area contributed by atoms with Gasteiger partial charge in [0.25, 0.3) is 5.91 Å². The van der Waals surface area contributed by atoms with Gasteiger partial charge >= 0.3 is 0 Å². The maximum absolute atomic E-state index is 12.0. The van der Waals surface area contributed by atoms with Gasteiger partial charge in [-0.25, -0.2) is 9.97 Å². The van der Waals surface area contributed by atoms with Crippen molar-refractivity contribution in [3.8, 4) is 0 Å². The van der Waals surface area contributed by atoms with Gasteiger partial charge in [0.2, 0.25) is 0 Å². The highest BCUT2D eigenvalue weighted by Crippen LogP contribution is 2.09. The minimum absolute atomic E-state index is 0.226. The molecule has 0 radical (unpaired) electrons. The second-order valence-corrected chi connectivity index (χ2v) is 6.09. The van der Waals surface area contributed by atoms with Crippen LogP contribution in [0.5, 0.6) is 0 Å². The molecule has 2 N–H and O–H groups in total. The lowest BCUT2D eigenvalue weighted by molar-refractivity contribution is 0.0949. The van der Waals surface area contributed by atoms with E-state index < -0.39 is 0 Å². The number of nitrogens with zero attached hydrogens (tertiary/aromatic N) is 3. The van der Waals surface area contributed by atoms with E-state index in [1.165, 1.54) is 6.20 Å². The molecule has 1 heterocycles. The number of carbonyl (C=O) groups excluding carboxylic acids is 1. The van der Waals surface area contributed by atoms with Crippen LogP contribution < -0.4 is 10.6 Å². The van der Waals surface area contributed by atoms with E-state index in [1.54, 1.807) is 6.20 Å². The van der Waals surface area contributed by atoms with Gasteiger partial charge < -0.3 is 15.5 Å². The summed E-state index contributed by atoms with van der Waals surface area (Å²) in [6.45, 7) is 2.20. The van der Waals surface area contributed by atoms with Gasteiger partial charge in [-0.15, -0.1) is 0 Å². The number of rotatable bonds is 8. The van der Waals surface area contributed by atoms with Crippen LogP contribution in [0, 0.1) is 0 Å². The summed E-state index contributed by atoms with van der Waals surface area (Å²) in [5, 5.41) is 6.70. The molecular formula is C17H22ClN5O. The molecule has 2 rings (SSSR count). The van der Waals surface area contributed by atoms with Crippen molar-refractivity contribution < 1.29 is 4.79 Å². The Bertz CT molecular complexity index is 643. The molecule has 7 heteroatoms. The number of benzene rings is 1. The molecule has 1 amide bonds. The number of halogens is 1. The Balaban J connectivity index is 1.76. The van der Waals surface area contributed by atoms with Crippen LogP contribution in [0.15, 0.2) is 36.7 Å². The average molecular weight is 348 g/mol. The van der Waals surface area contributed by atoms with Gasteiger partial charge in [-0.05, 0) is 38.2 Å². The van der Waals surface area contributed by atoms with Crippen LogP contribution in [0.1, 0.15) is 16.1 Å². The molecular weight excluding hydrogens is 326 g/mol. The van der Waals surface area contributed by atoms with Gasteiger partial charge in [-0.2, -0.15) is 0 Å². The second kappa shape index (κ2) is 9.20. The number of amides is 1. The van der Waals surface area contributed by atoms with E-state index in [-0.39, 0.29) is 5.91 Å². The van der Waals surface area contributed by atoms with E-state index in [0.29, 0.717) is 23.1 Å². The molecule has 1 aromatic carbocycles. The number of hydrogen-bond donors (Lipinski definition) is 2. The van der Waals surface area contributed by atoms with E-state index in [4.69, 9.17) is 11.6 Å². The Morgan fingerprint density at radius 2 is 1.88 bits per heavy atom. The molecule has 2 aromatic rings. The summed E-state index contributed by atoms with van der Waals surface area (Å²) in [6.07, 6.45) is 3.79. The molecule has 0 aliphatic carbocycles. The lowest BCUT2D eigenvalue weighted by Crippen LogP contribution is -2.27. The van der Waals surface area contributed by atoms with Gasteiger partial charge in [-0.3, -0.25) is 4.79 Å². The molecule has 24 heavy (non-hydrogen) atoms. The van der Waals surface area contributed by atoms with Crippen molar-refractivity contribution in [3.63, 3.8) is 0 Å². The molecule has 0 saturated heterocycles. The third kappa shape index (κ3) is 6.14. The zero-order chi connectivity index (χ0) is 17.4. The van der Waals surface area contributed by atoms with E-state index in [2.05, 4.69) is 25.5 Å². The summed E-state index contributed by atoms with van der Waals surface area (Å²) in [6, 6.07) is 7.57. The SMILES string of the molecule is CN(C)CCNc1cnc(C(=O)NCCc2ccc(Cl)cc2)cn1. The number of nitrogens with one attached hydrogen (secondary N) is 2. The monoisotopic (exact) mass is 347 g/mol. The standard InChI is InChI=1S/C17H22ClN5O/c1-23(2)10-9-19-16-12-21-15(11-22-16)17(24)20-8-7-13-3-5-14(18)6-4-13/h3-6,11-12H,7-10H2,1-2H3,(H,19,22)(H,20,24). The summed E-state index contributed by atoms with van der Waals surface area (Å²) >= 11 is 5.84. The van der Waals surface area contributed by atoms with Gasteiger partial charge in [0, 0.05) is 24.7 Å². The van der Waals surface area contributed by atoms with Crippen molar-refractivity contribution in [1.82, 2.24) is 20.2 Å². The Hall–Kier alpha value is -2.18. The van der Waals surface area contributed by atoms with Crippen molar-refractivity contribution in [2.45, 2.75) is 6.42 Å². The Kier molecular flexibility index (Phi) is 6.96. The summed E-state index contributed by atoms with van der Waals surface area (Å²) in [4.78, 5) is 22.5. The molecule has 0 atom stereocenters. The lowest BCUT2D eigenvalue weighted by Gasteiger charge is -2.10. The first-order valence-corrected chi connectivity index (χ1v) is 8.15. The highest BCUT2D eigenvalue weighted by atomic mass is 35.5. The Labute approximate surface area is 147 Å². The molecule has 1 aromatic heterocycles. The third-order valence-corrected chi connectivity index (χ3v) is 3.61. The first-order chi connectivity index (χ1) is 11.5. The van der Waals surface area contributed by atoms with E-state index >= 15 is 0 Å². The second-order valence-electron chi connectivity index (χ2n) is 5.65. The van der Waals surface area contributed by atoms with Crippen LogP contribution in [0.3, 0.4) is 0 Å². The highest BCUT2D eigenvalue weighted by molar-refractivity contribution is 6.30. The first-order valence-electron chi connectivity index (χ1n) is 7.78. The number of aromatic nitrogens is 2. The topological polar surface area (TPSA) is 70.2 Å². The van der Waals surface area contributed by atoms with Gasteiger partial charge in [0.05, 0.1) is 12.4 Å². The summed E-state index contributed by atoms with van der Waals surface area (Å²) < 4.78 is 0. The number of likely N-dealkylation sites (N-methyl/N-ethyl adjacent to an activating group) is 1. The minimum atomic E-state index is -0.226. The van der Waals surface area contributed by atoms with Gasteiger partial charge in [0.1, 0.15) is 11.5 Å². The molecule has 0 fully saturated rings. The summed E-state index contributed by atoms with van der Waals surface area (Å²) in [5.41, 5.74) is 1.43. The van der Waals surface area contributed by atoms with Gasteiger partial charge in [0.15, 0.2) is 0 Å². The largest absolute Gasteiger partial charge is 0.368 e. The molecule has 6 nitrogen and oxygen atoms in total. The fourth-order valence-electron chi connectivity index (χ4n) is 2.01. The normalized spacial score (nSPS) is 10.7. The smallest absolute Gasteiger partial charge is 0.271 e. The molecule has 0 aliphatic heterocycles. The zero-order valence-electron chi connectivity index (χ0n) is 13.9. The van der Waals surface area contributed by atoms with Gasteiger partial charge in [-0.1, -0.05) is 23.7 Å². The Morgan fingerprint density at radius 1 is 1.12 bits per heavy atom. The van der Waals surface area contributed by atoms with Crippen LogP contribution >= 0.6 is 11.6 Å². The van der Waals surface area contributed by atoms with E-state index in [1.807, 2.05) is 38.4 Å². The quantitative estimate of drug-likeness (QED) is 0.765. The van der Waals surface area contributed by atoms with Crippen molar-refractivity contribution >= 4 is 23.3 Å². The van der Waals surface area contributed by atoms with Crippen molar-refractivity contribution in [2.24, 2.45) is 0 Å². The van der Waals surface area contributed by atoms with Crippen molar-refractivity contribution in [2.75, 3.05) is 39.0 Å². The third-order valence-electron chi connectivity index (χ3n) is 3.36. The van der Waals surface area contributed by atoms with Crippen LogP contribution in [0.2, 0.25) is 5.02 Å². The minimum Gasteiger partial charge on any atom is -0.368 e. The van der Waals surface area contributed by atoms with Crippen LogP contribution in [0.25, 0.3) is 0 Å². The van der Waals surface area contributed by atoms with E-state index in [0.717, 1.165) is 25.1 Å². The summed E-state index contributed by atoms with van der Waals surface area (Å²) in [5.74, 6) is 0.436. The summed E-state index contributed by atoms with van der Waals surface area (Å²) in [7, 11) is 4.01. The maximum Gasteiger partial charge on any atom is 0.271 e. The number of hydrogen-bond acceptors (Lipinski definition) is 5. The number of anilines is 1. The average Bonchev–Trinajstić information content (AvgIpc) is 2.57. The van der Waals surface area contributed by atoms with Crippen molar-refractivity contribution in [3.05, 3.63) is 52.9 Å². The molecule has 0 bridgehead atoms. The molecule has 0 aliphatic rings. The zero-order valence-corrected chi connectivity index (χ0v) is 14.7. The highest BCUT2D eigenvalue weighted by Gasteiger charge is 2.07. The van der Waals surface area contributed by atoms with Crippen LogP contribution in [-0.4, -0.2) is 54.5 Å². The molecule has 0 saturated carbocycles. The van der Waals surface area contributed by atoms with Crippen LogP contribution in [-0.2, 0) is 6.42 Å². The number of carbonyl (C=O) groups is 1. The van der Waals surface area contributed by atoms with Crippen molar-refractivity contribution in [1.29, 1.82) is 0 Å². The lowest BCUT2D eigenvalue weighted by atomic mass is 10.1. The molecule has 0 unspecified atom stereocenters. The van der Waals surface area contributed by atoms with Crippen LogP contribution in [0.4, 0.5) is 5.82 Å². The molecule has 0 spiro atoms. The molecule has 128 valence electrons. The fourth-order valence-corrected chi connectivity index (χ4v) is 2.13. The maximum atomic E-state index is 12.0. The van der Waals surface area contributed by atoms with E-state index in [9.17, 15) is 4.79 Å².